The zero-order valence-corrected chi connectivity index (χ0v) is 14.4. The molecule has 0 aliphatic carbocycles. The van der Waals surface area contributed by atoms with Crippen molar-refractivity contribution in [3.8, 4) is 0 Å². The minimum absolute atomic E-state index is 0.0410. The molecule has 1 N–H and O–H groups in total. The Balaban J connectivity index is 2.09. The number of hydrogen-bond donors (Lipinski definition) is 1. The number of amides is 1. The average molecular weight is 349 g/mol. The Morgan fingerprint density at radius 3 is 2.33 bits per heavy atom. The minimum Gasteiger partial charge on any atom is -0.352 e. The Bertz CT molecular complexity index is 814. The fraction of sp³-hybridized carbons (Fsp3) is 0.278. The van der Waals surface area contributed by atoms with Gasteiger partial charge in [0.1, 0.15) is 5.82 Å². The van der Waals surface area contributed by atoms with Gasteiger partial charge in [-0.05, 0) is 50.1 Å². The van der Waals surface area contributed by atoms with Crippen LogP contribution >= 0.6 is 0 Å². The first-order valence-electron chi connectivity index (χ1n) is 7.68. The SMILES string of the molecule is CC(C)S(=O)(=O)c1ccccc1C(=O)NCCc1ccc(F)cc1. The summed E-state index contributed by atoms with van der Waals surface area (Å²) in [6, 6.07) is 12.2. The highest BCUT2D eigenvalue weighted by molar-refractivity contribution is 7.92. The molecule has 0 radical (unpaired) electrons. The van der Waals surface area contributed by atoms with Crippen LogP contribution in [0.1, 0.15) is 29.8 Å². The summed E-state index contributed by atoms with van der Waals surface area (Å²) in [6.07, 6.45) is 0.533. The summed E-state index contributed by atoms with van der Waals surface area (Å²) in [5.74, 6) is -0.743. The Kier molecular flexibility index (Phi) is 5.72. The molecule has 0 atom stereocenters. The lowest BCUT2D eigenvalue weighted by Gasteiger charge is -2.13. The molecule has 0 saturated heterocycles. The molecule has 0 bridgehead atoms. The highest BCUT2D eigenvalue weighted by atomic mass is 32.2. The van der Waals surface area contributed by atoms with Crippen molar-refractivity contribution < 1.29 is 17.6 Å². The molecule has 24 heavy (non-hydrogen) atoms. The summed E-state index contributed by atoms with van der Waals surface area (Å²) in [5, 5.41) is 2.11. The number of benzene rings is 2. The number of carbonyl (C=O) groups excluding carboxylic acids is 1. The van der Waals surface area contributed by atoms with Crippen LogP contribution in [0.4, 0.5) is 4.39 Å². The van der Waals surface area contributed by atoms with Crippen LogP contribution in [0.25, 0.3) is 0 Å². The van der Waals surface area contributed by atoms with Crippen LogP contribution in [0.5, 0.6) is 0 Å². The molecule has 0 fully saturated rings. The standard InChI is InChI=1S/C18H20FNO3S/c1-13(2)24(22,23)17-6-4-3-5-16(17)18(21)20-12-11-14-7-9-15(19)10-8-14/h3-10,13H,11-12H2,1-2H3,(H,20,21). The molecule has 0 unspecified atom stereocenters. The van der Waals surface area contributed by atoms with Gasteiger partial charge in [-0.15, -0.1) is 0 Å². The quantitative estimate of drug-likeness (QED) is 0.872. The minimum atomic E-state index is -3.54. The van der Waals surface area contributed by atoms with Gasteiger partial charge in [0, 0.05) is 6.54 Å². The van der Waals surface area contributed by atoms with Crippen LogP contribution in [-0.4, -0.2) is 26.1 Å². The van der Waals surface area contributed by atoms with Gasteiger partial charge >= 0.3 is 0 Å². The van der Waals surface area contributed by atoms with E-state index < -0.39 is 21.0 Å². The summed E-state index contributed by atoms with van der Waals surface area (Å²) in [4.78, 5) is 12.4. The van der Waals surface area contributed by atoms with Gasteiger partial charge in [-0.3, -0.25) is 4.79 Å². The lowest BCUT2D eigenvalue weighted by Crippen LogP contribution is -2.28. The van der Waals surface area contributed by atoms with Gasteiger partial charge in [0.15, 0.2) is 9.84 Å². The van der Waals surface area contributed by atoms with E-state index in [-0.39, 0.29) is 16.3 Å². The topological polar surface area (TPSA) is 63.2 Å². The van der Waals surface area contributed by atoms with Crippen molar-refractivity contribution in [1.82, 2.24) is 5.32 Å². The summed E-state index contributed by atoms with van der Waals surface area (Å²) in [7, 11) is -3.54. The maximum atomic E-state index is 12.9. The number of nitrogens with one attached hydrogen (secondary N) is 1. The summed E-state index contributed by atoms with van der Waals surface area (Å²) in [5.41, 5.74) is 1.03. The van der Waals surface area contributed by atoms with Gasteiger partial charge in [-0.2, -0.15) is 0 Å². The monoisotopic (exact) mass is 349 g/mol. The third-order valence-electron chi connectivity index (χ3n) is 3.67. The van der Waals surface area contributed by atoms with E-state index in [1.807, 2.05) is 0 Å². The van der Waals surface area contributed by atoms with E-state index in [9.17, 15) is 17.6 Å². The highest BCUT2D eigenvalue weighted by Gasteiger charge is 2.24. The van der Waals surface area contributed by atoms with Crippen molar-refractivity contribution in [2.24, 2.45) is 0 Å². The average Bonchev–Trinajstić information content (AvgIpc) is 2.56. The number of sulfone groups is 1. The van der Waals surface area contributed by atoms with Crippen LogP contribution in [0.2, 0.25) is 0 Å². The van der Waals surface area contributed by atoms with Crippen LogP contribution < -0.4 is 5.32 Å². The van der Waals surface area contributed by atoms with Crippen LogP contribution in [0, 0.1) is 5.82 Å². The smallest absolute Gasteiger partial charge is 0.252 e. The first-order valence-corrected chi connectivity index (χ1v) is 9.22. The molecule has 2 aromatic carbocycles. The summed E-state index contributed by atoms with van der Waals surface area (Å²) >= 11 is 0. The van der Waals surface area contributed by atoms with E-state index in [2.05, 4.69) is 5.32 Å². The largest absolute Gasteiger partial charge is 0.352 e. The second kappa shape index (κ2) is 7.57. The third-order valence-corrected chi connectivity index (χ3v) is 5.88. The zero-order chi connectivity index (χ0) is 17.7. The molecule has 2 aromatic rings. The highest BCUT2D eigenvalue weighted by Crippen LogP contribution is 2.20. The van der Waals surface area contributed by atoms with Crippen molar-refractivity contribution in [2.75, 3.05) is 6.54 Å². The Morgan fingerprint density at radius 1 is 1.08 bits per heavy atom. The predicted octanol–water partition coefficient (Wildman–Crippen LogP) is 2.98. The van der Waals surface area contributed by atoms with Crippen molar-refractivity contribution >= 4 is 15.7 Å². The second-order valence-electron chi connectivity index (χ2n) is 5.72. The van der Waals surface area contributed by atoms with Gasteiger partial charge in [0.25, 0.3) is 5.91 Å². The maximum Gasteiger partial charge on any atom is 0.252 e. The van der Waals surface area contributed by atoms with E-state index in [1.165, 1.54) is 24.3 Å². The van der Waals surface area contributed by atoms with Gasteiger partial charge in [0.05, 0.1) is 15.7 Å². The van der Waals surface area contributed by atoms with Crippen molar-refractivity contribution in [3.63, 3.8) is 0 Å². The Hall–Kier alpha value is -2.21. The molecule has 0 saturated carbocycles. The number of rotatable bonds is 6. The van der Waals surface area contributed by atoms with Crippen LogP contribution in [-0.2, 0) is 16.3 Å². The van der Waals surface area contributed by atoms with Crippen molar-refractivity contribution in [1.29, 1.82) is 0 Å². The first-order chi connectivity index (χ1) is 11.3. The molecule has 0 aliphatic rings. The fourth-order valence-electron chi connectivity index (χ4n) is 2.22. The maximum absolute atomic E-state index is 12.9. The first kappa shape index (κ1) is 18.1. The van der Waals surface area contributed by atoms with Gasteiger partial charge < -0.3 is 5.32 Å². The van der Waals surface area contributed by atoms with E-state index in [0.717, 1.165) is 5.56 Å². The lowest BCUT2D eigenvalue weighted by molar-refractivity contribution is 0.0951. The fourth-order valence-corrected chi connectivity index (χ4v) is 3.47. The van der Waals surface area contributed by atoms with Crippen molar-refractivity contribution in [3.05, 3.63) is 65.5 Å². The summed E-state index contributed by atoms with van der Waals surface area (Å²) in [6.45, 7) is 3.50. The molecule has 0 aliphatic heterocycles. The molecule has 0 heterocycles. The number of hydrogen-bond acceptors (Lipinski definition) is 3. The molecule has 0 spiro atoms. The molecular weight excluding hydrogens is 329 g/mol. The van der Waals surface area contributed by atoms with E-state index in [4.69, 9.17) is 0 Å². The molecule has 6 heteroatoms. The van der Waals surface area contributed by atoms with Gasteiger partial charge in [-0.1, -0.05) is 24.3 Å². The van der Waals surface area contributed by atoms with Crippen LogP contribution in [0.15, 0.2) is 53.4 Å². The molecule has 0 aromatic heterocycles. The predicted molar refractivity (Wildman–Crippen MR) is 91.2 cm³/mol. The lowest BCUT2D eigenvalue weighted by atomic mass is 10.1. The van der Waals surface area contributed by atoms with Gasteiger partial charge in [-0.25, -0.2) is 12.8 Å². The second-order valence-corrected chi connectivity index (χ2v) is 8.19. The normalized spacial score (nSPS) is 11.5. The van der Waals surface area contributed by atoms with E-state index in [0.29, 0.717) is 13.0 Å². The summed E-state index contributed by atoms with van der Waals surface area (Å²) < 4.78 is 37.6. The van der Waals surface area contributed by atoms with E-state index in [1.54, 1.807) is 38.1 Å². The third kappa shape index (κ3) is 4.20. The molecular formula is C18H20FNO3S. The van der Waals surface area contributed by atoms with Gasteiger partial charge in [0.2, 0.25) is 0 Å². The molecule has 128 valence electrons. The number of halogens is 1. The zero-order valence-electron chi connectivity index (χ0n) is 13.6. The Labute approximate surface area is 141 Å². The molecule has 2 rings (SSSR count). The van der Waals surface area contributed by atoms with E-state index >= 15 is 0 Å². The number of carbonyl (C=O) groups is 1. The molecule has 1 amide bonds. The van der Waals surface area contributed by atoms with Crippen LogP contribution in [0.3, 0.4) is 0 Å². The Morgan fingerprint density at radius 2 is 1.71 bits per heavy atom. The van der Waals surface area contributed by atoms with Crippen molar-refractivity contribution in [2.45, 2.75) is 30.4 Å². The molecule has 4 nitrogen and oxygen atoms in total.